The predicted octanol–water partition coefficient (Wildman–Crippen LogP) is 0.795. The van der Waals surface area contributed by atoms with Crippen molar-refractivity contribution in [2.75, 3.05) is 53.6 Å². The van der Waals surface area contributed by atoms with Gasteiger partial charge >= 0.3 is 0 Å². The van der Waals surface area contributed by atoms with Crippen molar-refractivity contribution in [3.63, 3.8) is 0 Å². The summed E-state index contributed by atoms with van der Waals surface area (Å²) in [5, 5.41) is 5.69. The molecule has 28 heavy (non-hydrogen) atoms. The van der Waals surface area contributed by atoms with E-state index >= 15 is 0 Å². The number of hydrogen-bond acceptors (Lipinski definition) is 6. The number of carbonyl (C=O) groups is 2. The molecular weight excluding hydrogens is 362 g/mol. The summed E-state index contributed by atoms with van der Waals surface area (Å²) in [5.74, 6) is 0.601. The molecule has 8 nitrogen and oxygen atoms in total. The molecule has 2 N–H and O–H groups in total. The van der Waals surface area contributed by atoms with E-state index in [4.69, 9.17) is 14.2 Å². The van der Waals surface area contributed by atoms with Crippen LogP contribution in [0.15, 0.2) is 18.2 Å². The first-order valence-electron chi connectivity index (χ1n) is 9.46. The second-order valence-electron chi connectivity index (χ2n) is 7.21. The van der Waals surface area contributed by atoms with E-state index in [0.29, 0.717) is 24.6 Å². The van der Waals surface area contributed by atoms with Gasteiger partial charge in [0, 0.05) is 32.7 Å². The number of nitrogens with zero attached hydrogens (tertiary/aromatic N) is 1. The maximum atomic E-state index is 12.6. The number of rotatable bonds is 9. The maximum Gasteiger partial charge on any atom is 0.235 e. The zero-order chi connectivity index (χ0) is 20.6. The van der Waals surface area contributed by atoms with Crippen LogP contribution in [0.4, 0.5) is 0 Å². The van der Waals surface area contributed by atoms with Crippen LogP contribution in [-0.2, 0) is 20.9 Å². The Morgan fingerprint density at radius 1 is 1.07 bits per heavy atom. The first-order valence-corrected chi connectivity index (χ1v) is 9.46. The molecule has 0 unspecified atom stereocenters. The number of amides is 2. The molecular formula is C20H31N3O5. The minimum Gasteiger partial charge on any atom is -0.493 e. The highest BCUT2D eigenvalue weighted by molar-refractivity contribution is 6.04. The number of benzene rings is 1. The second-order valence-corrected chi connectivity index (χ2v) is 7.21. The third-order valence-electron chi connectivity index (χ3n) is 4.85. The fraction of sp³-hybridized carbons (Fsp3) is 0.600. The van der Waals surface area contributed by atoms with Gasteiger partial charge in [0.05, 0.1) is 27.4 Å². The van der Waals surface area contributed by atoms with Crippen molar-refractivity contribution in [1.29, 1.82) is 0 Å². The van der Waals surface area contributed by atoms with Crippen LogP contribution in [0.1, 0.15) is 19.4 Å². The fourth-order valence-electron chi connectivity index (χ4n) is 2.87. The van der Waals surface area contributed by atoms with Crippen molar-refractivity contribution in [3.05, 3.63) is 23.8 Å². The van der Waals surface area contributed by atoms with Gasteiger partial charge in [-0.2, -0.15) is 0 Å². The third-order valence-corrected chi connectivity index (χ3v) is 4.85. The molecule has 0 aromatic heterocycles. The van der Waals surface area contributed by atoms with Crippen LogP contribution in [-0.4, -0.2) is 70.3 Å². The van der Waals surface area contributed by atoms with Gasteiger partial charge in [-0.1, -0.05) is 6.07 Å². The highest BCUT2D eigenvalue weighted by atomic mass is 16.5. The number of methoxy groups -OCH3 is 2. The van der Waals surface area contributed by atoms with Gasteiger partial charge in [0.1, 0.15) is 5.41 Å². The van der Waals surface area contributed by atoms with Crippen molar-refractivity contribution < 1.29 is 23.8 Å². The van der Waals surface area contributed by atoms with Crippen molar-refractivity contribution in [2.45, 2.75) is 20.4 Å². The van der Waals surface area contributed by atoms with Crippen LogP contribution in [0, 0.1) is 5.41 Å². The van der Waals surface area contributed by atoms with Crippen LogP contribution in [0.25, 0.3) is 0 Å². The van der Waals surface area contributed by atoms with Crippen LogP contribution in [0.2, 0.25) is 0 Å². The van der Waals surface area contributed by atoms with E-state index in [-0.39, 0.29) is 11.8 Å². The lowest BCUT2D eigenvalue weighted by atomic mass is 9.91. The van der Waals surface area contributed by atoms with E-state index in [9.17, 15) is 9.59 Å². The standard InChI is InChI=1S/C20H31N3O5/c1-20(2,18(24)21-7-8-23-9-11-28-12-10-23)19(25)22-14-15-5-6-16(26-3)17(13-15)27-4/h5-6,13H,7-12,14H2,1-4H3,(H,21,24)(H,22,25). The summed E-state index contributed by atoms with van der Waals surface area (Å²) >= 11 is 0. The van der Waals surface area contributed by atoms with Crippen LogP contribution >= 0.6 is 0 Å². The van der Waals surface area contributed by atoms with Gasteiger partial charge in [0.2, 0.25) is 11.8 Å². The highest BCUT2D eigenvalue weighted by Gasteiger charge is 2.35. The van der Waals surface area contributed by atoms with Gasteiger partial charge in [-0.05, 0) is 31.5 Å². The van der Waals surface area contributed by atoms with Gasteiger partial charge in [0.25, 0.3) is 0 Å². The molecule has 0 spiro atoms. The maximum absolute atomic E-state index is 12.6. The fourth-order valence-corrected chi connectivity index (χ4v) is 2.87. The lowest BCUT2D eigenvalue weighted by Gasteiger charge is -2.27. The minimum absolute atomic E-state index is 0.287. The summed E-state index contributed by atoms with van der Waals surface area (Å²) in [6.45, 7) is 7.97. The summed E-state index contributed by atoms with van der Waals surface area (Å²) in [5.41, 5.74) is -0.309. The average Bonchev–Trinajstić information content (AvgIpc) is 2.72. The molecule has 0 radical (unpaired) electrons. The summed E-state index contributed by atoms with van der Waals surface area (Å²) in [7, 11) is 3.13. The van der Waals surface area contributed by atoms with Gasteiger partial charge in [-0.15, -0.1) is 0 Å². The molecule has 1 aromatic carbocycles. The predicted molar refractivity (Wildman–Crippen MR) is 105 cm³/mol. The van der Waals surface area contributed by atoms with Crippen LogP contribution < -0.4 is 20.1 Å². The summed E-state index contributed by atoms with van der Waals surface area (Å²) < 4.78 is 15.8. The molecule has 1 fully saturated rings. The molecule has 0 atom stereocenters. The third kappa shape index (κ3) is 5.84. The largest absolute Gasteiger partial charge is 0.493 e. The topological polar surface area (TPSA) is 89.1 Å². The molecule has 0 bridgehead atoms. The number of carbonyl (C=O) groups excluding carboxylic acids is 2. The van der Waals surface area contributed by atoms with Gasteiger partial charge in [0.15, 0.2) is 11.5 Å². The monoisotopic (exact) mass is 393 g/mol. The van der Waals surface area contributed by atoms with Gasteiger partial charge in [-0.3, -0.25) is 14.5 Å². The van der Waals surface area contributed by atoms with E-state index < -0.39 is 5.41 Å². The molecule has 2 rings (SSSR count). The van der Waals surface area contributed by atoms with Crippen molar-refractivity contribution in [3.8, 4) is 11.5 Å². The van der Waals surface area contributed by atoms with Crippen molar-refractivity contribution >= 4 is 11.8 Å². The van der Waals surface area contributed by atoms with Crippen molar-refractivity contribution in [1.82, 2.24) is 15.5 Å². The Kier molecular flexibility index (Phi) is 8.07. The Morgan fingerprint density at radius 3 is 2.36 bits per heavy atom. The number of morpholine rings is 1. The van der Waals surface area contributed by atoms with E-state index in [1.54, 1.807) is 40.2 Å². The Morgan fingerprint density at radius 2 is 1.71 bits per heavy atom. The van der Waals surface area contributed by atoms with E-state index in [1.807, 2.05) is 6.07 Å². The van der Waals surface area contributed by atoms with E-state index in [1.165, 1.54) is 0 Å². The molecule has 1 saturated heterocycles. The van der Waals surface area contributed by atoms with Crippen LogP contribution in [0.3, 0.4) is 0 Å². The molecule has 2 amide bonds. The number of nitrogens with one attached hydrogen (secondary N) is 2. The molecule has 8 heteroatoms. The Labute approximate surface area is 166 Å². The Hall–Kier alpha value is -2.32. The Balaban J connectivity index is 1.83. The summed E-state index contributed by atoms with van der Waals surface area (Å²) in [6, 6.07) is 5.43. The van der Waals surface area contributed by atoms with Gasteiger partial charge < -0.3 is 24.8 Å². The molecule has 1 aliphatic rings. The van der Waals surface area contributed by atoms with Crippen LogP contribution in [0.5, 0.6) is 11.5 Å². The van der Waals surface area contributed by atoms with Crippen molar-refractivity contribution in [2.24, 2.45) is 5.41 Å². The lowest BCUT2D eigenvalue weighted by molar-refractivity contribution is -0.141. The van der Waals surface area contributed by atoms with E-state index in [0.717, 1.165) is 38.4 Å². The molecule has 156 valence electrons. The molecule has 0 aliphatic carbocycles. The van der Waals surface area contributed by atoms with Gasteiger partial charge in [-0.25, -0.2) is 0 Å². The smallest absolute Gasteiger partial charge is 0.235 e. The molecule has 1 aromatic rings. The van der Waals surface area contributed by atoms with E-state index in [2.05, 4.69) is 15.5 Å². The minimum atomic E-state index is -1.17. The normalized spacial score (nSPS) is 15.0. The highest BCUT2D eigenvalue weighted by Crippen LogP contribution is 2.27. The molecule has 1 heterocycles. The number of hydrogen-bond donors (Lipinski definition) is 2. The number of ether oxygens (including phenoxy) is 3. The Bertz CT molecular complexity index is 672. The molecule has 0 saturated carbocycles. The average molecular weight is 393 g/mol. The lowest BCUT2D eigenvalue weighted by Crippen LogP contribution is -2.49. The zero-order valence-electron chi connectivity index (χ0n) is 17.2. The first kappa shape index (κ1) is 22.0. The first-order chi connectivity index (χ1) is 13.4. The quantitative estimate of drug-likeness (QED) is 0.603. The SMILES string of the molecule is COc1ccc(CNC(=O)C(C)(C)C(=O)NCCN2CCOCC2)cc1OC. The summed E-state index contributed by atoms with van der Waals surface area (Å²) in [6.07, 6.45) is 0. The summed E-state index contributed by atoms with van der Waals surface area (Å²) in [4.78, 5) is 27.3. The molecule has 1 aliphatic heterocycles. The zero-order valence-corrected chi connectivity index (χ0v) is 17.2. The second kappa shape index (κ2) is 10.3.